The van der Waals surface area contributed by atoms with Gasteiger partial charge >= 0.3 is 0 Å². The summed E-state index contributed by atoms with van der Waals surface area (Å²) >= 11 is 5.36. The summed E-state index contributed by atoms with van der Waals surface area (Å²) in [5.74, 6) is 0.732. The Balaban J connectivity index is 1.59. The number of hydrogen-bond acceptors (Lipinski definition) is 4. The van der Waals surface area contributed by atoms with E-state index >= 15 is 0 Å². The summed E-state index contributed by atoms with van der Waals surface area (Å²) in [5, 5.41) is 15.3. The molecule has 0 aliphatic heterocycles. The Hall–Kier alpha value is -2.87. The first-order valence-corrected chi connectivity index (χ1v) is 8.33. The van der Waals surface area contributed by atoms with Crippen LogP contribution in [0, 0.1) is 0 Å². The minimum atomic E-state index is 0.475. The van der Waals surface area contributed by atoms with Crippen molar-refractivity contribution in [1.82, 2.24) is 19.6 Å². The molecule has 8 heteroatoms. The summed E-state index contributed by atoms with van der Waals surface area (Å²) in [6, 6.07) is 7.61. The number of para-hydroxylation sites is 2. The lowest BCUT2D eigenvalue weighted by atomic mass is 10.3. The van der Waals surface area contributed by atoms with Crippen molar-refractivity contribution in [2.45, 2.75) is 20.0 Å². The number of benzene rings is 1. The number of methoxy groups -OCH3 is 1. The number of aromatic nitrogens is 4. The maximum atomic E-state index is 5.36. The van der Waals surface area contributed by atoms with E-state index in [1.807, 2.05) is 52.2 Å². The number of rotatable bonds is 6. The lowest BCUT2D eigenvalue weighted by molar-refractivity contribution is 0.417. The molecule has 7 nitrogen and oxygen atoms in total. The fourth-order valence-electron chi connectivity index (χ4n) is 2.40. The van der Waals surface area contributed by atoms with Gasteiger partial charge in [0.1, 0.15) is 5.75 Å². The van der Waals surface area contributed by atoms with Crippen LogP contribution in [0.2, 0.25) is 0 Å². The number of nitrogens with one attached hydrogen (secondary N) is 2. The first-order chi connectivity index (χ1) is 12.2. The molecule has 130 valence electrons. The van der Waals surface area contributed by atoms with E-state index in [1.165, 1.54) is 0 Å². The first kappa shape index (κ1) is 17.0. The van der Waals surface area contributed by atoms with E-state index in [9.17, 15) is 0 Å². The van der Waals surface area contributed by atoms with Crippen molar-refractivity contribution >= 4 is 28.7 Å². The van der Waals surface area contributed by atoms with Crippen LogP contribution in [-0.4, -0.2) is 31.8 Å². The van der Waals surface area contributed by atoms with Gasteiger partial charge in [0.25, 0.3) is 0 Å². The van der Waals surface area contributed by atoms with Crippen molar-refractivity contribution in [1.29, 1.82) is 0 Å². The standard InChI is InChI=1S/C17H20N6OS/c1-3-22-10-13(8-18-22)11-23-12-14(9-19-23)20-17(25)21-15-6-4-5-7-16(15)24-2/h4-10,12H,3,11H2,1-2H3,(H2,20,21,25). The second-order valence-corrected chi connectivity index (χ2v) is 5.82. The molecule has 1 aromatic carbocycles. The van der Waals surface area contributed by atoms with Crippen LogP contribution in [0.15, 0.2) is 49.1 Å². The average Bonchev–Trinajstić information content (AvgIpc) is 3.25. The molecule has 0 aliphatic carbocycles. The molecule has 0 atom stereocenters. The fourth-order valence-corrected chi connectivity index (χ4v) is 2.62. The van der Waals surface area contributed by atoms with Crippen LogP contribution in [0.5, 0.6) is 5.75 Å². The summed E-state index contributed by atoms with van der Waals surface area (Å²) in [7, 11) is 1.63. The Morgan fingerprint density at radius 3 is 2.68 bits per heavy atom. The number of aryl methyl sites for hydroxylation is 1. The van der Waals surface area contributed by atoms with E-state index in [1.54, 1.807) is 13.3 Å². The maximum absolute atomic E-state index is 5.36. The molecule has 0 radical (unpaired) electrons. The zero-order valence-electron chi connectivity index (χ0n) is 14.1. The van der Waals surface area contributed by atoms with Gasteiger partial charge in [-0.15, -0.1) is 0 Å². The number of ether oxygens (including phenoxy) is 1. The van der Waals surface area contributed by atoms with Gasteiger partial charge in [-0.1, -0.05) is 12.1 Å². The molecule has 2 aromatic heterocycles. The highest BCUT2D eigenvalue weighted by molar-refractivity contribution is 7.80. The number of thiocarbonyl (C=S) groups is 1. The third-order valence-electron chi connectivity index (χ3n) is 3.60. The van der Waals surface area contributed by atoms with Crippen LogP contribution >= 0.6 is 12.2 Å². The Labute approximate surface area is 151 Å². The Morgan fingerprint density at radius 1 is 1.12 bits per heavy atom. The van der Waals surface area contributed by atoms with Gasteiger partial charge in [0.15, 0.2) is 5.11 Å². The van der Waals surface area contributed by atoms with Crippen molar-refractivity contribution in [2.24, 2.45) is 0 Å². The maximum Gasteiger partial charge on any atom is 0.175 e. The first-order valence-electron chi connectivity index (χ1n) is 7.92. The van der Waals surface area contributed by atoms with Gasteiger partial charge in [-0.2, -0.15) is 10.2 Å². The third kappa shape index (κ3) is 4.36. The molecule has 2 heterocycles. The summed E-state index contributed by atoms with van der Waals surface area (Å²) < 4.78 is 9.04. The molecule has 0 spiro atoms. The van der Waals surface area contributed by atoms with Crippen molar-refractivity contribution in [3.8, 4) is 5.75 Å². The normalized spacial score (nSPS) is 10.5. The molecule has 2 N–H and O–H groups in total. The Morgan fingerprint density at radius 2 is 1.92 bits per heavy atom. The minimum absolute atomic E-state index is 0.475. The molecule has 0 unspecified atom stereocenters. The van der Waals surface area contributed by atoms with Crippen molar-refractivity contribution < 1.29 is 4.74 Å². The molecule has 3 aromatic rings. The minimum Gasteiger partial charge on any atom is -0.495 e. The van der Waals surface area contributed by atoms with Gasteiger partial charge in [-0.3, -0.25) is 9.36 Å². The fraction of sp³-hybridized carbons (Fsp3) is 0.235. The van der Waals surface area contributed by atoms with Crippen molar-refractivity contribution in [3.63, 3.8) is 0 Å². The molecule has 0 bridgehead atoms. The summed E-state index contributed by atoms with van der Waals surface area (Å²) in [5.41, 5.74) is 2.73. The van der Waals surface area contributed by atoms with Crippen molar-refractivity contribution in [2.75, 3.05) is 17.7 Å². The second kappa shape index (κ2) is 7.80. The van der Waals surface area contributed by atoms with E-state index in [0.717, 1.165) is 29.2 Å². The molecule has 3 rings (SSSR count). The lowest BCUT2D eigenvalue weighted by Crippen LogP contribution is -2.19. The van der Waals surface area contributed by atoms with Crippen LogP contribution in [0.3, 0.4) is 0 Å². The number of hydrogen-bond donors (Lipinski definition) is 2. The largest absolute Gasteiger partial charge is 0.495 e. The molecule has 0 saturated heterocycles. The Bertz CT molecular complexity index is 856. The van der Waals surface area contributed by atoms with Crippen LogP contribution in [-0.2, 0) is 13.1 Å². The van der Waals surface area contributed by atoms with Crippen LogP contribution in [0.1, 0.15) is 12.5 Å². The molecule has 0 fully saturated rings. The van der Waals surface area contributed by atoms with Crippen LogP contribution in [0.4, 0.5) is 11.4 Å². The topological polar surface area (TPSA) is 68.9 Å². The second-order valence-electron chi connectivity index (χ2n) is 5.41. The quantitative estimate of drug-likeness (QED) is 0.662. The summed E-state index contributed by atoms with van der Waals surface area (Å²) in [4.78, 5) is 0. The monoisotopic (exact) mass is 356 g/mol. The highest BCUT2D eigenvalue weighted by atomic mass is 32.1. The zero-order valence-corrected chi connectivity index (χ0v) is 15.0. The van der Waals surface area contributed by atoms with Gasteiger partial charge in [0.05, 0.1) is 37.4 Å². The van der Waals surface area contributed by atoms with E-state index in [4.69, 9.17) is 17.0 Å². The highest BCUT2D eigenvalue weighted by Gasteiger charge is 2.06. The zero-order chi connectivity index (χ0) is 17.6. The molecule has 0 amide bonds. The molecule has 0 saturated carbocycles. The van der Waals surface area contributed by atoms with Crippen LogP contribution < -0.4 is 15.4 Å². The smallest absolute Gasteiger partial charge is 0.175 e. The Kier molecular flexibility index (Phi) is 5.30. The van der Waals surface area contributed by atoms with Gasteiger partial charge < -0.3 is 15.4 Å². The van der Waals surface area contributed by atoms with Gasteiger partial charge in [-0.25, -0.2) is 0 Å². The lowest BCUT2D eigenvalue weighted by Gasteiger charge is -2.12. The predicted molar refractivity (Wildman–Crippen MR) is 102 cm³/mol. The number of anilines is 2. The van der Waals surface area contributed by atoms with Crippen LogP contribution in [0.25, 0.3) is 0 Å². The molecular formula is C17H20N6OS. The molecular weight excluding hydrogens is 336 g/mol. The van der Waals surface area contributed by atoms with Gasteiger partial charge in [0, 0.05) is 24.5 Å². The predicted octanol–water partition coefficient (Wildman–Crippen LogP) is 2.97. The molecule has 25 heavy (non-hydrogen) atoms. The highest BCUT2D eigenvalue weighted by Crippen LogP contribution is 2.23. The summed E-state index contributed by atoms with van der Waals surface area (Å²) in [6.45, 7) is 3.57. The SMILES string of the molecule is CCn1cc(Cn2cc(NC(=S)Nc3ccccc3OC)cn2)cn1. The van der Waals surface area contributed by atoms with Crippen molar-refractivity contribution in [3.05, 3.63) is 54.6 Å². The summed E-state index contributed by atoms with van der Waals surface area (Å²) in [6.07, 6.45) is 7.51. The third-order valence-corrected chi connectivity index (χ3v) is 3.81. The van der Waals surface area contributed by atoms with Gasteiger partial charge in [0.2, 0.25) is 0 Å². The van der Waals surface area contributed by atoms with E-state index < -0.39 is 0 Å². The van der Waals surface area contributed by atoms with E-state index in [-0.39, 0.29) is 0 Å². The van der Waals surface area contributed by atoms with E-state index in [0.29, 0.717) is 11.7 Å². The average molecular weight is 356 g/mol. The number of nitrogens with zero attached hydrogens (tertiary/aromatic N) is 4. The van der Waals surface area contributed by atoms with E-state index in [2.05, 4.69) is 27.8 Å². The molecule has 0 aliphatic rings. The van der Waals surface area contributed by atoms with Gasteiger partial charge in [-0.05, 0) is 31.3 Å².